The highest BCUT2D eigenvalue weighted by molar-refractivity contribution is 5.69. The van der Waals surface area contributed by atoms with Crippen LogP contribution in [0.3, 0.4) is 0 Å². The zero-order valence-corrected chi connectivity index (χ0v) is 23.1. The average Bonchev–Trinajstić information content (AvgIpc) is 3.38. The normalized spacial score (nSPS) is 12.8. The first-order chi connectivity index (χ1) is 18.4. The number of alkyl carbamates (subject to hydrolysis) is 1. The van der Waals surface area contributed by atoms with Crippen LogP contribution in [-0.4, -0.2) is 55.8 Å². The van der Waals surface area contributed by atoms with E-state index in [1.807, 2.05) is 19.9 Å². The second kappa shape index (κ2) is 12.4. The maximum Gasteiger partial charge on any atom is 0.407 e. The molecule has 3 aromatic rings. The third kappa shape index (κ3) is 8.00. The van der Waals surface area contributed by atoms with E-state index in [9.17, 15) is 10.1 Å². The fourth-order valence-corrected chi connectivity index (χ4v) is 3.72. The number of carbonyl (C=O) groups excluding carboxylic acids is 1. The van der Waals surface area contributed by atoms with Crippen LogP contribution in [0.25, 0.3) is 5.69 Å². The summed E-state index contributed by atoms with van der Waals surface area (Å²) in [4.78, 5) is 22.3. The molecule has 3 heterocycles. The molecule has 0 fully saturated rings. The lowest BCUT2D eigenvalue weighted by Crippen LogP contribution is -2.47. The maximum absolute atomic E-state index is 15.1. The number of pyridine rings is 2. The van der Waals surface area contributed by atoms with Gasteiger partial charge in [-0.05, 0) is 52.2 Å². The Balaban J connectivity index is 1.90. The van der Waals surface area contributed by atoms with Crippen LogP contribution < -0.4 is 20.7 Å². The molecule has 0 radical (unpaired) electrons. The number of nitrogens with one attached hydrogen (secondary N) is 3. The van der Waals surface area contributed by atoms with Crippen molar-refractivity contribution in [1.29, 1.82) is 5.26 Å². The Bertz CT molecular complexity index is 1320. The molecule has 0 unspecified atom stereocenters. The molecule has 0 aliphatic carbocycles. The van der Waals surface area contributed by atoms with Crippen molar-refractivity contribution in [2.45, 2.75) is 65.6 Å². The fourth-order valence-electron chi connectivity index (χ4n) is 3.72. The number of halogens is 1. The summed E-state index contributed by atoms with van der Waals surface area (Å²) in [6, 6.07) is 3.92. The van der Waals surface area contributed by atoms with Crippen LogP contribution in [0.15, 0.2) is 30.7 Å². The minimum absolute atomic E-state index is 0.00651. The third-order valence-electron chi connectivity index (χ3n) is 5.41. The number of rotatable bonds is 10. The van der Waals surface area contributed by atoms with Gasteiger partial charge in [-0.2, -0.15) is 15.5 Å². The molecule has 0 spiro atoms. The summed E-state index contributed by atoms with van der Waals surface area (Å²) in [5, 5.41) is 26.8. The van der Waals surface area contributed by atoms with Crippen LogP contribution in [-0.2, 0) is 4.74 Å². The van der Waals surface area contributed by atoms with Crippen molar-refractivity contribution in [3.05, 3.63) is 42.1 Å². The SMILES string of the molecule is COc1ncc(Nc2nc(N[C@H](CC(C)C)[C@H](C)NC(=O)OC(C)(C)C)c(F)cc2C#N)cc1-n1nccn1. The van der Waals surface area contributed by atoms with Crippen molar-refractivity contribution in [3.63, 3.8) is 0 Å². The Morgan fingerprint density at radius 1 is 1.18 bits per heavy atom. The van der Waals surface area contributed by atoms with Gasteiger partial charge in [0.1, 0.15) is 17.4 Å². The Morgan fingerprint density at radius 3 is 2.46 bits per heavy atom. The Morgan fingerprint density at radius 2 is 1.87 bits per heavy atom. The first-order valence-corrected chi connectivity index (χ1v) is 12.4. The van der Waals surface area contributed by atoms with Gasteiger partial charge in [-0.15, -0.1) is 4.80 Å². The largest absolute Gasteiger partial charge is 0.479 e. The number of hydrogen-bond acceptors (Lipinski definition) is 10. The van der Waals surface area contributed by atoms with E-state index in [-0.39, 0.29) is 35.0 Å². The molecule has 0 saturated carbocycles. The van der Waals surface area contributed by atoms with Gasteiger partial charge in [0.05, 0.1) is 37.0 Å². The molecule has 208 valence electrons. The molecular formula is C26H34FN9O3. The van der Waals surface area contributed by atoms with E-state index in [0.29, 0.717) is 17.8 Å². The molecule has 13 heteroatoms. The maximum atomic E-state index is 15.1. The lowest BCUT2D eigenvalue weighted by atomic mass is 9.98. The number of anilines is 3. The average molecular weight is 540 g/mol. The van der Waals surface area contributed by atoms with Gasteiger partial charge < -0.3 is 25.4 Å². The highest BCUT2D eigenvalue weighted by Gasteiger charge is 2.25. The van der Waals surface area contributed by atoms with E-state index < -0.39 is 23.6 Å². The van der Waals surface area contributed by atoms with E-state index >= 15 is 4.39 Å². The van der Waals surface area contributed by atoms with E-state index in [2.05, 4.69) is 36.1 Å². The van der Waals surface area contributed by atoms with Gasteiger partial charge >= 0.3 is 6.09 Å². The predicted octanol–water partition coefficient (Wildman–Crippen LogP) is 4.56. The highest BCUT2D eigenvalue weighted by atomic mass is 19.1. The van der Waals surface area contributed by atoms with Crippen LogP contribution in [0.4, 0.5) is 26.5 Å². The van der Waals surface area contributed by atoms with Crippen LogP contribution in [0, 0.1) is 23.1 Å². The summed E-state index contributed by atoms with van der Waals surface area (Å²) in [5.41, 5.74) is 0.234. The van der Waals surface area contributed by atoms with Crippen LogP contribution >= 0.6 is 0 Å². The number of nitriles is 1. The van der Waals surface area contributed by atoms with Gasteiger partial charge in [0.15, 0.2) is 17.5 Å². The first kappa shape index (κ1) is 29.1. The second-order valence-electron chi connectivity index (χ2n) is 10.3. The number of ether oxygens (including phenoxy) is 2. The number of nitrogens with zero attached hydrogens (tertiary/aromatic N) is 6. The Labute approximate surface area is 226 Å². The molecule has 0 bridgehead atoms. The summed E-state index contributed by atoms with van der Waals surface area (Å²) in [7, 11) is 1.47. The van der Waals surface area contributed by atoms with Crippen molar-refractivity contribution in [1.82, 2.24) is 30.3 Å². The Hall–Kier alpha value is -4.47. The zero-order valence-electron chi connectivity index (χ0n) is 23.1. The van der Waals surface area contributed by atoms with Gasteiger partial charge in [-0.3, -0.25) is 0 Å². The number of amides is 1. The topological polar surface area (TPSA) is 152 Å². The van der Waals surface area contributed by atoms with Gasteiger partial charge in [-0.1, -0.05) is 13.8 Å². The number of aromatic nitrogens is 5. The molecule has 3 N–H and O–H groups in total. The van der Waals surface area contributed by atoms with E-state index in [4.69, 9.17) is 9.47 Å². The highest BCUT2D eigenvalue weighted by Crippen LogP contribution is 2.28. The molecule has 3 aromatic heterocycles. The van der Waals surface area contributed by atoms with E-state index in [1.165, 1.54) is 30.5 Å². The lowest BCUT2D eigenvalue weighted by Gasteiger charge is -2.29. The molecule has 1 amide bonds. The van der Waals surface area contributed by atoms with Crippen molar-refractivity contribution in [2.24, 2.45) is 5.92 Å². The van der Waals surface area contributed by atoms with Gasteiger partial charge in [0, 0.05) is 12.1 Å². The fraction of sp³-hybridized carbons (Fsp3) is 0.462. The van der Waals surface area contributed by atoms with Gasteiger partial charge in [0.2, 0.25) is 5.88 Å². The van der Waals surface area contributed by atoms with E-state index in [0.717, 1.165) is 6.07 Å². The van der Waals surface area contributed by atoms with Crippen molar-refractivity contribution in [2.75, 3.05) is 17.7 Å². The molecule has 12 nitrogen and oxygen atoms in total. The van der Waals surface area contributed by atoms with Crippen LogP contribution in [0.5, 0.6) is 5.88 Å². The van der Waals surface area contributed by atoms with Crippen molar-refractivity contribution < 1.29 is 18.7 Å². The number of carbonyl (C=O) groups is 1. The third-order valence-corrected chi connectivity index (χ3v) is 5.41. The van der Waals surface area contributed by atoms with Crippen molar-refractivity contribution >= 4 is 23.4 Å². The minimum Gasteiger partial charge on any atom is -0.479 e. The Kier molecular flexibility index (Phi) is 9.24. The lowest BCUT2D eigenvalue weighted by molar-refractivity contribution is 0.0501. The second-order valence-corrected chi connectivity index (χ2v) is 10.3. The number of methoxy groups -OCH3 is 1. The predicted molar refractivity (Wildman–Crippen MR) is 144 cm³/mol. The van der Waals surface area contributed by atoms with E-state index in [1.54, 1.807) is 33.8 Å². The molecule has 0 aliphatic heterocycles. The van der Waals surface area contributed by atoms with Gasteiger partial charge in [0.25, 0.3) is 0 Å². The molecule has 0 aliphatic rings. The molecule has 3 rings (SSSR count). The summed E-state index contributed by atoms with van der Waals surface area (Å²) in [6.07, 6.45) is 4.54. The summed E-state index contributed by atoms with van der Waals surface area (Å²) >= 11 is 0. The summed E-state index contributed by atoms with van der Waals surface area (Å²) in [6.45, 7) is 11.2. The smallest absolute Gasteiger partial charge is 0.407 e. The molecule has 0 aromatic carbocycles. The monoisotopic (exact) mass is 539 g/mol. The number of hydrogen-bond donors (Lipinski definition) is 3. The summed E-state index contributed by atoms with van der Waals surface area (Å²) in [5.74, 6) is -0.150. The van der Waals surface area contributed by atoms with Crippen LogP contribution in [0.1, 0.15) is 53.5 Å². The van der Waals surface area contributed by atoms with Crippen LogP contribution in [0.2, 0.25) is 0 Å². The first-order valence-electron chi connectivity index (χ1n) is 12.4. The molecular weight excluding hydrogens is 505 g/mol. The standard InChI is InChI=1S/C26H34FN9O3/c1-15(2)10-20(16(3)32-25(37)39-26(4,5)6)34-23-19(27)11-17(13-28)22(35-23)33-18-12-21(24(38-7)29-14-18)36-30-8-9-31-36/h8-9,11-12,14-16,20H,10H2,1-7H3,(H,32,37)(H2,33,34,35)/t16-,20+/m0/s1. The molecule has 0 saturated heterocycles. The van der Waals surface area contributed by atoms with Gasteiger partial charge in [-0.25, -0.2) is 19.2 Å². The zero-order chi connectivity index (χ0) is 28.7. The molecule has 2 atom stereocenters. The van der Waals surface area contributed by atoms with Crippen molar-refractivity contribution in [3.8, 4) is 17.6 Å². The minimum atomic E-state index is -0.704. The quantitative estimate of drug-likeness (QED) is 0.334. The summed E-state index contributed by atoms with van der Waals surface area (Å²) < 4.78 is 25.8. The molecule has 39 heavy (non-hydrogen) atoms.